The second-order valence-corrected chi connectivity index (χ2v) is 9.63. The van der Waals surface area contributed by atoms with Gasteiger partial charge in [-0.05, 0) is 48.0 Å². The summed E-state index contributed by atoms with van der Waals surface area (Å²) in [5.74, 6) is -2.82. The SMILES string of the molecule is O=C(C=Cc1ccc(O)cc1)OC1C(CO)OC(Oc2c(-c3ccc(O)cc3)oc3cc(O)cc(O)c3c2=O)C(O)C1O. The lowest BCUT2D eigenvalue weighted by molar-refractivity contribution is -0.280. The first kappa shape index (κ1) is 29.4. The molecule has 1 saturated heterocycles. The van der Waals surface area contributed by atoms with Gasteiger partial charge in [-0.1, -0.05) is 12.1 Å². The number of carbonyl (C=O) groups excluding carboxylic acids is 1. The summed E-state index contributed by atoms with van der Waals surface area (Å²) in [5.41, 5.74) is -0.363. The van der Waals surface area contributed by atoms with Crippen molar-refractivity contribution in [3.05, 3.63) is 82.5 Å². The predicted molar refractivity (Wildman–Crippen MR) is 148 cm³/mol. The highest BCUT2D eigenvalue weighted by Gasteiger charge is 2.48. The minimum Gasteiger partial charge on any atom is -0.508 e. The number of esters is 1. The van der Waals surface area contributed by atoms with Gasteiger partial charge in [0.25, 0.3) is 0 Å². The molecule has 43 heavy (non-hydrogen) atoms. The molecule has 0 amide bonds. The van der Waals surface area contributed by atoms with Crippen LogP contribution in [0.4, 0.5) is 0 Å². The van der Waals surface area contributed by atoms with Gasteiger partial charge in [0.2, 0.25) is 17.5 Å². The number of aromatic hydroxyl groups is 4. The highest BCUT2D eigenvalue weighted by molar-refractivity contribution is 5.88. The maximum atomic E-state index is 13.5. The van der Waals surface area contributed by atoms with Gasteiger partial charge in [0, 0.05) is 23.8 Å². The number of hydrogen-bond donors (Lipinski definition) is 7. The van der Waals surface area contributed by atoms with Gasteiger partial charge in [0.05, 0.1) is 6.61 Å². The van der Waals surface area contributed by atoms with Crippen LogP contribution in [0.25, 0.3) is 28.4 Å². The van der Waals surface area contributed by atoms with Gasteiger partial charge >= 0.3 is 5.97 Å². The topological polar surface area (TPSA) is 217 Å². The Balaban J connectivity index is 1.44. The summed E-state index contributed by atoms with van der Waals surface area (Å²) >= 11 is 0. The average molecular weight is 595 g/mol. The zero-order valence-corrected chi connectivity index (χ0v) is 22.1. The molecule has 1 aliphatic rings. The van der Waals surface area contributed by atoms with E-state index < -0.39 is 66.0 Å². The molecular formula is C30H26O13. The molecule has 4 aromatic rings. The highest BCUT2D eigenvalue weighted by atomic mass is 16.7. The van der Waals surface area contributed by atoms with Crippen molar-refractivity contribution in [3.8, 4) is 40.1 Å². The minimum absolute atomic E-state index is 0.0338. The van der Waals surface area contributed by atoms with Crippen molar-refractivity contribution < 1.29 is 59.2 Å². The molecule has 5 atom stereocenters. The van der Waals surface area contributed by atoms with Crippen molar-refractivity contribution in [2.75, 3.05) is 6.61 Å². The average Bonchev–Trinajstić information content (AvgIpc) is 2.97. The standard InChI is InChI=1S/C30H26O13/c31-13-21-28(42-22(36)10-3-14-1-6-16(32)7-2-14)25(38)26(39)30(41-21)43-29-24(37)23-19(35)11-18(34)12-20(23)40-27(29)15-4-8-17(33)9-5-15/h1-12,21,25-26,28,30-35,38-39H,13H2. The molecule has 3 aromatic carbocycles. The van der Waals surface area contributed by atoms with E-state index in [0.29, 0.717) is 5.56 Å². The summed E-state index contributed by atoms with van der Waals surface area (Å²) < 4.78 is 22.4. The molecule has 7 N–H and O–H groups in total. The fourth-order valence-electron chi connectivity index (χ4n) is 4.51. The monoisotopic (exact) mass is 594 g/mol. The van der Waals surface area contributed by atoms with Gasteiger partial charge in [-0.25, -0.2) is 4.79 Å². The summed E-state index contributed by atoms with van der Waals surface area (Å²) in [6, 6.07) is 13.3. The number of carbonyl (C=O) groups is 1. The van der Waals surface area contributed by atoms with E-state index in [1.807, 2.05) is 0 Å². The second-order valence-electron chi connectivity index (χ2n) is 9.63. The molecule has 2 heterocycles. The Morgan fingerprint density at radius 1 is 0.884 bits per heavy atom. The molecule has 1 fully saturated rings. The van der Waals surface area contributed by atoms with E-state index >= 15 is 0 Å². The molecule has 0 spiro atoms. The molecule has 5 rings (SSSR count). The number of aliphatic hydroxyl groups excluding tert-OH is 3. The van der Waals surface area contributed by atoms with Crippen LogP contribution in [0.3, 0.4) is 0 Å². The fraction of sp³-hybridized carbons (Fsp3) is 0.200. The molecule has 224 valence electrons. The van der Waals surface area contributed by atoms with Crippen molar-refractivity contribution in [1.29, 1.82) is 0 Å². The summed E-state index contributed by atoms with van der Waals surface area (Å²) in [6.45, 7) is -0.791. The lowest BCUT2D eigenvalue weighted by Crippen LogP contribution is -2.61. The first-order chi connectivity index (χ1) is 20.5. The van der Waals surface area contributed by atoms with E-state index in [9.17, 15) is 45.3 Å². The van der Waals surface area contributed by atoms with Gasteiger partial charge in [0.1, 0.15) is 52.3 Å². The van der Waals surface area contributed by atoms with Crippen molar-refractivity contribution >= 4 is 23.0 Å². The van der Waals surface area contributed by atoms with E-state index in [2.05, 4.69) is 0 Å². The minimum atomic E-state index is -1.92. The molecule has 13 nitrogen and oxygen atoms in total. The van der Waals surface area contributed by atoms with Crippen LogP contribution in [0.5, 0.6) is 28.7 Å². The van der Waals surface area contributed by atoms with Gasteiger partial charge in [-0.15, -0.1) is 0 Å². The Morgan fingerprint density at radius 2 is 1.53 bits per heavy atom. The van der Waals surface area contributed by atoms with Gasteiger partial charge in [0.15, 0.2) is 11.9 Å². The van der Waals surface area contributed by atoms with Gasteiger partial charge in [-0.3, -0.25) is 4.79 Å². The lowest BCUT2D eigenvalue weighted by Gasteiger charge is -2.41. The maximum Gasteiger partial charge on any atom is 0.331 e. The number of rotatable bonds is 7. The highest BCUT2D eigenvalue weighted by Crippen LogP contribution is 2.37. The zero-order chi connectivity index (χ0) is 30.8. The molecular weight excluding hydrogens is 568 g/mol. The number of phenolic OH excluding ortho intramolecular Hbond substituents is 4. The number of ether oxygens (including phenoxy) is 3. The molecule has 0 radical (unpaired) electrons. The lowest BCUT2D eigenvalue weighted by atomic mass is 9.99. The van der Waals surface area contributed by atoms with Gasteiger partial charge in [-0.2, -0.15) is 0 Å². The van der Waals surface area contributed by atoms with Crippen LogP contribution in [0.15, 0.2) is 76.0 Å². The van der Waals surface area contributed by atoms with Crippen LogP contribution in [0.2, 0.25) is 0 Å². The molecule has 13 heteroatoms. The smallest absolute Gasteiger partial charge is 0.331 e. The van der Waals surface area contributed by atoms with E-state index in [0.717, 1.165) is 18.2 Å². The number of benzene rings is 3. The quantitative estimate of drug-likeness (QED) is 0.120. The Morgan fingerprint density at radius 3 is 2.19 bits per heavy atom. The molecule has 1 aromatic heterocycles. The first-order valence-electron chi connectivity index (χ1n) is 12.8. The Hall–Kier alpha value is -5.08. The Kier molecular flexibility index (Phi) is 8.23. The predicted octanol–water partition coefficient (Wildman–Crippen LogP) is 1.73. The molecule has 1 aliphatic heterocycles. The third-order valence-electron chi connectivity index (χ3n) is 6.66. The van der Waals surface area contributed by atoms with E-state index in [-0.39, 0.29) is 33.8 Å². The summed E-state index contributed by atoms with van der Waals surface area (Å²) in [7, 11) is 0. The second kappa shape index (κ2) is 12.0. The number of phenols is 4. The fourth-order valence-corrected chi connectivity index (χ4v) is 4.51. The first-order valence-corrected chi connectivity index (χ1v) is 12.8. The largest absolute Gasteiger partial charge is 0.508 e. The number of aliphatic hydroxyl groups is 3. The molecule has 0 aliphatic carbocycles. The van der Waals surface area contributed by atoms with Crippen molar-refractivity contribution in [1.82, 2.24) is 0 Å². The summed E-state index contributed by atoms with van der Waals surface area (Å²) in [4.78, 5) is 26.0. The number of hydrogen-bond acceptors (Lipinski definition) is 13. The van der Waals surface area contributed by atoms with Gasteiger partial charge < -0.3 is 54.4 Å². The Labute approximate surface area is 242 Å². The maximum absolute atomic E-state index is 13.5. The molecule has 5 unspecified atom stereocenters. The van der Waals surface area contributed by atoms with E-state index in [4.69, 9.17) is 18.6 Å². The molecule has 0 bridgehead atoms. The summed E-state index contributed by atoms with van der Waals surface area (Å²) in [6.07, 6.45) is -6.11. The van der Waals surface area contributed by atoms with Crippen LogP contribution in [-0.4, -0.2) is 79.0 Å². The van der Waals surface area contributed by atoms with Crippen molar-refractivity contribution in [2.45, 2.75) is 30.7 Å². The zero-order valence-electron chi connectivity index (χ0n) is 22.1. The van der Waals surface area contributed by atoms with Crippen LogP contribution in [0.1, 0.15) is 5.56 Å². The third kappa shape index (κ3) is 6.10. The van der Waals surface area contributed by atoms with Crippen LogP contribution >= 0.6 is 0 Å². The van der Waals surface area contributed by atoms with Crippen LogP contribution in [-0.2, 0) is 14.3 Å². The number of fused-ring (bicyclic) bond motifs is 1. The van der Waals surface area contributed by atoms with Crippen LogP contribution < -0.4 is 10.2 Å². The third-order valence-corrected chi connectivity index (χ3v) is 6.66. The summed E-state index contributed by atoms with van der Waals surface area (Å²) in [5, 5.41) is 70.6. The Bertz CT molecular complexity index is 1710. The molecule has 0 saturated carbocycles. The normalized spacial score (nSPS) is 22.1. The van der Waals surface area contributed by atoms with Crippen LogP contribution in [0, 0.1) is 0 Å². The van der Waals surface area contributed by atoms with E-state index in [1.54, 1.807) is 0 Å². The van der Waals surface area contributed by atoms with Crippen molar-refractivity contribution in [3.63, 3.8) is 0 Å². The van der Waals surface area contributed by atoms with Crippen molar-refractivity contribution in [2.24, 2.45) is 0 Å². The van der Waals surface area contributed by atoms with E-state index in [1.165, 1.54) is 54.6 Å².